The molecule has 2 aromatic heterocycles. The first kappa shape index (κ1) is 20.6. The van der Waals surface area contributed by atoms with Crippen molar-refractivity contribution in [2.24, 2.45) is 5.73 Å². The average molecular weight is 447 g/mol. The highest BCUT2D eigenvalue weighted by Crippen LogP contribution is 2.38. The van der Waals surface area contributed by atoms with Gasteiger partial charge in [-0.15, -0.1) is 11.3 Å². The van der Waals surface area contributed by atoms with Crippen LogP contribution < -0.4 is 10.5 Å². The first-order valence-corrected chi connectivity index (χ1v) is 11.2. The van der Waals surface area contributed by atoms with Gasteiger partial charge in [0.15, 0.2) is 0 Å². The number of carbonyl (C=O) groups excluding carboxylic acids is 1. The third-order valence-electron chi connectivity index (χ3n) is 5.39. The van der Waals surface area contributed by atoms with Gasteiger partial charge in [-0.3, -0.25) is 9.69 Å². The fourth-order valence-corrected chi connectivity index (χ4v) is 5.10. The van der Waals surface area contributed by atoms with Gasteiger partial charge in [-0.25, -0.2) is 9.97 Å². The lowest BCUT2D eigenvalue weighted by molar-refractivity contribution is -0.0323. The number of hydrogen-bond acceptors (Lipinski definition) is 7. The Morgan fingerprint density at radius 2 is 2.00 bits per heavy atom. The molecule has 0 saturated carbocycles. The van der Waals surface area contributed by atoms with Crippen LogP contribution in [0.5, 0.6) is 11.8 Å². The van der Waals surface area contributed by atoms with Gasteiger partial charge in [-0.2, -0.15) is 0 Å². The van der Waals surface area contributed by atoms with Crippen LogP contribution in [0.3, 0.4) is 0 Å². The normalized spacial score (nSPS) is 16.8. The molecule has 5 rings (SSSR count). The molecule has 0 spiro atoms. The summed E-state index contributed by atoms with van der Waals surface area (Å²) in [5.41, 5.74) is 7.72. The molecule has 1 aliphatic heterocycles. The Bertz CT molecular complexity index is 1240. The molecule has 1 aliphatic rings. The lowest BCUT2D eigenvalue weighted by Crippen LogP contribution is -2.38. The van der Waals surface area contributed by atoms with Gasteiger partial charge in [0.1, 0.15) is 5.75 Å². The fourth-order valence-electron chi connectivity index (χ4n) is 4.00. The molecule has 2 aromatic carbocycles. The minimum Gasteiger partial charge on any atom is -0.424 e. The summed E-state index contributed by atoms with van der Waals surface area (Å²) in [6, 6.07) is 18.0. The predicted octanol–water partition coefficient (Wildman–Crippen LogP) is 4.16. The minimum absolute atomic E-state index is 0.209. The van der Waals surface area contributed by atoms with Crippen molar-refractivity contribution in [1.29, 1.82) is 0 Å². The Balaban J connectivity index is 1.35. The molecule has 162 valence electrons. The van der Waals surface area contributed by atoms with E-state index in [9.17, 15) is 4.79 Å². The molecule has 1 saturated heterocycles. The van der Waals surface area contributed by atoms with Crippen LogP contribution in [0.15, 0.2) is 67.0 Å². The third-order valence-corrected chi connectivity index (χ3v) is 6.59. The number of thiophene rings is 1. The number of rotatable bonds is 6. The summed E-state index contributed by atoms with van der Waals surface area (Å²) in [6.07, 6.45) is 3.09. The maximum atomic E-state index is 12.1. The summed E-state index contributed by atoms with van der Waals surface area (Å²) < 4.78 is 12.9. The van der Waals surface area contributed by atoms with E-state index in [2.05, 4.69) is 20.9 Å². The largest absolute Gasteiger partial charge is 0.424 e. The van der Waals surface area contributed by atoms with E-state index in [1.165, 1.54) is 11.3 Å². The van der Waals surface area contributed by atoms with Crippen molar-refractivity contribution < 1.29 is 14.3 Å². The Morgan fingerprint density at radius 1 is 1.16 bits per heavy atom. The number of ether oxygens (including phenoxy) is 2. The number of fused-ring (bicyclic) bond motifs is 1. The first-order valence-electron chi connectivity index (χ1n) is 10.4. The summed E-state index contributed by atoms with van der Waals surface area (Å²) in [4.78, 5) is 23.3. The number of morpholine rings is 1. The molecule has 0 radical (unpaired) electrons. The van der Waals surface area contributed by atoms with Crippen LogP contribution in [0.1, 0.15) is 26.9 Å². The van der Waals surface area contributed by atoms with Gasteiger partial charge in [0.25, 0.3) is 5.91 Å². The molecular weight excluding hydrogens is 424 g/mol. The van der Waals surface area contributed by atoms with Crippen LogP contribution in [-0.4, -0.2) is 40.5 Å². The van der Waals surface area contributed by atoms with Crippen LogP contribution in [0.25, 0.3) is 10.1 Å². The minimum atomic E-state index is -0.407. The van der Waals surface area contributed by atoms with Crippen molar-refractivity contribution in [3.63, 3.8) is 0 Å². The zero-order valence-corrected chi connectivity index (χ0v) is 18.1. The van der Waals surface area contributed by atoms with Gasteiger partial charge < -0.3 is 15.2 Å². The SMILES string of the molecule is NC(=O)c1sc2ccccc2c1[C@@H]1CN(Cc2cccc(Oc3ncccn3)c2)CCO1. The van der Waals surface area contributed by atoms with Gasteiger partial charge in [0.2, 0.25) is 0 Å². The third kappa shape index (κ3) is 4.34. The van der Waals surface area contributed by atoms with E-state index in [0.717, 1.165) is 34.3 Å². The molecule has 8 heteroatoms. The molecular formula is C24H22N4O3S. The first-order chi connectivity index (χ1) is 15.7. The van der Waals surface area contributed by atoms with Crippen molar-refractivity contribution in [3.05, 3.63) is 83.0 Å². The number of nitrogens with two attached hydrogens (primary N) is 1. The Labute approximate surface area is 189 Å². The summed E-state index contributed by atoms with van der Waals surface area (Å²) in [7, 11) is 0. The highest BCUT2D eigenvalue weighted by atomic mass is 32.1. The van der Waals surface area contributed by atoms with Gasteiger partial charge in [0.05, 0.1) is 17.6 Å². The molecule has 2 N–H and O–H groups in total. The van der Waals surface area contributed by atoms with Crippen LogP contribution >= 0.6 is 11.3 Å². The smallest absolute Gasteiger partial charge is 0.321 e. The molecule has 1 amide bonds. The summed E-state index contributed by atoms with van der Waals surface area (Å²) >= 11 is 1.43. The summed E-state index contributed by atoms with van der Waals surface area (Å²) in [6.45, 7) is 2.80. The molecule has 1 fully saturated rings. The molecule has 0 bridgehead atoms. The van der Waals surface area contributed by atoms with Gasteiger partial charge in [0, 0.05) is 42.3 Å². The van der Waals surface area contributed by atoms with Crippen LogP contribution in [0, 0.1) is 0 Å². The zero-order valence-electron chi connectivity index (χ0n) is 17.3. The second-order valence-electron chi connectivity index (χ2n) is 7.58. The Kier molecular flexibility index (Phi) is 5.81. The number of amides is 1. The van der Waals surface area contributed by atoms with E-state index < -0.39 is 5.91 Å². The average Bonchev–Trinajstić information content (AvgIpc) is 3.20. The quantitative estimate of drug-likeness (QED) is 0.478. The molecule has 32 heavy (non-hydrogen) atoms. The number of nitrogens with zero attached hydrogens (tertiary/aromatic N) is 3. The Morgan fingerprint density at radius 3 is 2.84 bits per heavy atom. The van der Waals surface area contributed by atoms with Crippen molar-refractivity contribution in [2.45, 2.75) is 12.6 Å². The van der Waals surface area contributed by atoms with Gasteiger partial charge in [-0.05, 0) is 35.2 Å². The number of primary amides is 1. The molecule has 4 aromatic rings. The number of hydrogen-bond donors (Lipinski definition) is 1. The highest BCUT2D eigenvalue weighted by molar-refractivity contribution is 7.21. The number of carbonyl (C=O) groups is 1. The van der Waals surface area contributed by atoms with Crippen molar-refractivity contribution in [2.75, 3.05) is 19.7 Å². The van der Waals surface area contributed by atoms with Crippen LogP contribution in [-0.2, 0) is 11.3 Å². The topological polar surface area (TPSA) is 90.6 Å². The van der Waals surface area contributed by atoms with E-state index in [1.54, 1.807) is 18.5 Å². The summed E-state index contributed by atoms with van der Waals surface area (Å²) in [5.74, 6) is 0.285. The van der Waals surface area contributed by atoms with Crippen LogP contribution in [0.2, 0.25) is 0 Å². The van der Waals surface area contributed by atoms with E-state index >= 15 is 0 Å². The van der Waals surface area contributed by atoms with Crippen molar-refractivity contribution in [1.82, 2.24) is 14.9 Å². The monoisotopic (exact) mass is 446 g/mol. The molecule has 0 unspecified atom stereocenters. The molecule has 3 heterocycles. The van der Waals surface area contributed by atoms with Crippen molar-refractivity contribution in [3.8, 4) is 11.8 Å². The lowest BCUT2D eigenvalue weighted by Gasteiger charge is -2.33. The standard InChI is InChI=1S/C24H22N4O3S/c25-23(29)22-21(18-7-1-2-8-20(18)32-22)19-15-28(11-12-30-19)14-16-5-3-6-17(13-16)31-24-26-9-4-10-27-24/h1-10,13,19H,11-12,14-15H2,(H2,25,29)/t19-/m0/s1. The van der Waals surface area contributed by atoms with E-state index in [4.69, 9.17) is 15.2 Å². The number of benzene rings is 2. The maximum absolute atomic E-state index is 12.1. The second kappa shape index (κ2) is 9.04. The van der Waals surface area contributed by atoms with E-state index in [-0.39, 0.29) is 6.10 Å². The van der Waals surface area contributed by atoms with Gasteiger partial charge >= 0.3 is 6.01 Å². The van der Waals surface area contributed by atoms with Crippen LogP contribution in [0.4, 0.5) is 0 Å². The van der Waals surface area contributed by atoms with Crippen molar-refractivity contribution >= 4 is 27.3 Å². The molecule has 1 atom stereocenters. The zero-order chi connectivity index (χ0) is 21.9. The molecule has 0 aliphatic carbocycles. The Hall–Kier alpha value is -3.33. The lowest BCUT2D eigenvalue weighted by atomic mass is 10.0. The number of aromatic nitrogens is 2. The predicted molar refractivity (Wildman–Crippen MR) is 123 cm³/mol. The van der Waals surface area contributed by atoms with E-state index in [0.29, 0.717) is 29.8 Å². The molecule has 7 nitrogen and oxygen atoms in total. The van der Waals surface area contributed by atoms with Gasteiger partial charge in [-0.1, -0.05) is 30.3 Å². The summed E-state index contributed by atoms with van der Waals surface area (Å²) in [5, 5.41) is 1.04. The highest BCUT2D eigenvalue weighted by Gasteiger charge is 2.29. The van der Waals surface area contributed by atoms with E-state index in [1.807, 2.05) is 42.5 Å². The fraction of sp³-hybridized carbons (Fsp3) is 0.208. The second-order valence-corrected chi connectivity index (χ2v) is 8.63. The maximum Gasteiger partial charge on any atom is 0.321 e.